The minimum atomic E-state index is -0.574. The Bertz CT molecular complexity index is 1110. The normalized spacial score (nSPS) is 11.0. The topological polar surface area (TPSA) is 87.0 Å². The van der Waals surface area contributed by atoms with Crippen molar-refractivity contribution in [3.05, 3.63) is 70.5 Å². The first kappa shape index (κ1) is 17.3. The van der Waals surface area contributed by atoms with E-state index in [-0.39, 0.29) is 6.54 Å². The molecule has 0 amide bonds. The van der Waals surface area contributed by atoms with Crippen LogP contribution in [-0.2, 0) is 6.54 Å². The number of hydrogen-bond acceptors (Lipinski definition) is 7. The highest BCUT2D eigenvalue weighted by molar-refractivity contribution is 7.98. The van der Waals surface area contributed by atoms with Crippen LogP contribution in [0.3, 0.4) is 0 Å². The Morgan fingerprint density at radius 2 is 1.67 bits per heavy atom. The predicted molar refractivity (Wildman–Crippen MR) is 102 cm³/mol. The van der Waals surface area contributed by atoms with Gasteiger partial charge < -0.3 is 4.52 Å². The molecule has 4 rings (SSSR count). The summed E-state index contributed by atoms with van der Waals surface area (Å²) in [6, 6.07) is 15.5. The molecule has 0 bridgehead atoms. The number of aromatic nitrogens is 4. The second kappa shape index (κ2) is 7.24. The molecule has 0 unspecified atom stereocenters. The van der Waals surface area contributed by atoms with Crippen LogP contribution >= 0.6 is 11.8 Å². The maximum Gasteiger partial charge on any atom is 0.442 e. The maximum absolute atomic E-state index is 12.1. The first-order valence-electron chi connectivity index (χ1n) is 8.24. The van der Waals surface area contributed by atoms with E-state index < -0.39 is 5.76 Å². The van der Waals surface area contributed by atoms with E-state index in [9.17, 15) is 4.79 Å². The molecule has 0 saturated carbocycles. The Morgan fingerprint density at radius 3 is 2.37 bits per heavy atom. The minimum absolute atomic E-state index is 0.0848. The number of nitrogens with zero attached hydrogens (tertiary/aromatic N) is 4. The molecular weight excluding hydrogens is 364 g/mol. The summed E-state index contributed by atoms with van der Waals surface area (Å²) < 4.78 is 11.5. The van der Waals surface area contributed by atoms with Crippen LogP contribution in [0.4, 0.5) is 0 Å². The zero-order valence-electron chi connectivity index (χ0n) is 14.7. The molecule has 2 aromatic carbocycles. The molecule has 2 aromatic heterocycles. The lowest BCUT2D eigenvalue weighted by Crippen LogP contribution is -2.16. The Hall–Kier alpha value is -3.13. The molecule has 0 aliphatic carbocycles. The molecule has 0 radical (unpaired) electrons. The van der Waals surface area contributed by atoms with Crippen LogP contribution in [-0.4, -0.2) is 26.1 Å². The third kappa shape index (κ3) is 3.56. The highest BCUT2D eigenvalue weighted by atomic mass is 32.2. The van der Waals surface area contributed by atoms with E-state index in [1.54, 1.807) is 11.8 Å². The van der Waals surface area contributed by atoms with Gasteiger partial charge in [0.15, 0.2) is 5.82 Å². The molecule has 0 fully saturated rings. The molecule has 0 aliphatic rings. The fourth-order valence-corrected chi connectivity index (χ4v) is 3.04. The van der Waals surface area contributed by atoms with Crippen LogP contribution in [0, 0.1) is 6.92 Å². The van der Waals surface area contributed by atoms with Gasteiger partial charge in [0.25, 0.3) is 0 Å². The fraction of sp³-hybridized carbons (Fsp3) is 0.158. The van der Waals surface area contributed by atoms with Crippen molar-refractivity contribution in [3.8, 4) is 22.8 Å². The number of thioether (sulfide) groups is 1. The average Bonchev–Trinajstić information content (AvgIpc) is 3.31. The first-order chi connectivity index (χ1) is 13.1. The molecule has 0 saturated heterocycles. The summed E-state index contributed by atoms with van der Waals surface area (Å²) in [5.41, 5.74) is 2.74. The zero-order chi connectivity index (χ0) is 18.8. The lowest BCUT2D eigenvalue weighted by atomic mass is 10.1. The van der Waals surface area contributed by atoms with Crippen molar-refractivity contribution < 1.29 is 9.05 Å². The number of hydrogen-bond donors (Lipinski definition) is 0. The van der Waals surface area contributed by atoms with Crippen LogP contribution < -0.4 is 5.76 Å². The van der Waals surface area contributed by atoms with E-state index in [1.807, 2.05) is 61.7 Å². The van der Waals surface area contributed by atoms with E-state index in [2.05, 4.69) is 15.3 Å². The van der Waals surface area contributed by atoms with Crippen molar-refractivity contribution in [1.29, 1.82) is 0 Å². The van der Waals surface area contributed by atoms with Gasteiger partial charge in [0, 0.05) is 16.0 Å². The van der Waals surface area contributed by atoms with E-state index in [0.29, 0.717) is 17.5 Å². The van der Waals surface area contributed by atoms with Gasteiger partial charge in [-0.2, -0.15) is 4.98 Å². The van der Waals surface area contributed by atoms with Crippen LogP contribution in [0.2, 0.25) is 0 Å². The maximum atomic E-state index is 12.1. The fourth-order valence-electron chi connectivity index (χ4n) is 2.63. The van der Waals surface area contributed by atoms with Gasteiger partial charge in [0.05, 0.1) is 0 Å². The van der Waals surface area contributed by atoms with E-state index in [4.69, 9.17) is 9.05 Å². The average molecular weight is 380 g/mol. The van der Waals surface area contributed by atoms with Crippen LogP contribution in [0.25, 0.3) is 22.8 Å². The Balaban J connectivity index is 1.62. The standard InChI is InChI=1S/C19H16N4O3S/c1-12-3-5-14(6-4-12)18-22-26-19(24)23(18)11-16-20-17(21-25-16)13-7-9-15(27-2)10-8-13/h3-10H,11H2,1-2H3. The van der Waals surface area contributed by atoms with Crippen LogP contribution in [0.15, 0.2) is 67.3 Å². The largest absolute Gasteiger partial charge is 0.442 e. The summed E-state index contributed by atoms with van der Waals surface area (Å²) >= 11 is 1.66. The van der Waals surface area contributed by atoms with Crippen molar-refractivity contribution >= 4 is 11.8 Å². The van der Waals surface area contributed by atoms with E-state index in [0.717, 1.165) is 21.6 Å². The summed E-state index contributed by atoms with van der Waals surface area (Å²) in [4.78, 5) is 17.6. The molecule has 27 heavy (non-hydrogen) atoms. The molecule has 4 aromatic rings. The van der Waals surface area contributed by atoms with Crippen LogP contribution in [0.5, 0.6) is 0 Å². The van der Waals surface area contributed by atoms with Crippen molar-refractivity contribution in [2.75, 3.05) is 6.26 Å². The highest BCUT2D eigenvalue weighted by Gasteiger charge is 2.17. The van der Waals surface area contributed by atoms with Crippen molar-refractivity contribution in [1.82, 2.24) is 19.9 Å². The van der Waals surface area contributed by atoms with Crippen LogP contribution in [0.1, 0.15) is 11.5 Å². The lowest BCUT2D eigenvalue weighted by Gasteiger charge is -2.02. The minimum Gasteiger partial charge on any atom is -0.337 e. The SMILES string of the molecule is CSc1ccc(-c2noc(Cn3c(-c4ccc(C)cc4)noc3=O)n2)cc1. The molecule has 136 valence electrons. The van der Waals surface area contributed by atoms with Gasteiger partial charge in [-0.1, -0.05) is 40.1 Å². The number of aryl methyl sites for hydroxylation is 1. The van der Waals surface area contributed by atoms with Gasteiger partial charge in [0.2, 0.25) is 11.7 Å². The van der Waals surface area contributed by atoms with Gasteiger partial charge in [-0.25, -0.2) is 9.36 Å². The molecule has 2 heterocycles. The molecule has 0 aliphatic heterocycles. The smallest absolute Gasteiger partial charge is 0.337 e. The van der Waals surface area contributed by atoms with Crippen molar-refractivity contribution in [2.45, 2.75) is 18.4 Å². The molecule has 7 nitrogen and oxygen atoms in total. The van der Waals surface area contributed by atoms with Gasteiger partial charge in [-0.05, 0) is 37.4 Å². The Kier molecular flexibility index (Phi) is 4.64. The summed E-state index contributed by atoms with van der Waals surface area (Å²) in [5.74, 6) is 0.621. The first-order valence-corrected chi connectivity index (χ1v) is 9.47. The zero-order valence-corrected chi connectivity index (χ0v) is 15.6. The molecular formula is C19H16N4O3S. The highest BCUT2D eigenvalue weighted by Crippen LogP contribution is 2.22. The monoisotopic (exact) mass is 380 g/mol. The Labute approximate surface area is 159 Å². The van der Waals surface area contributed by atoms with Gasteiger partial charge in [-0.15, -0.1) is 11.8 Å². The summed E-state index contributed by atoms with van der Waals surface area (Å²) in [7, 11) is 0. The van der Waals surface area contributed by atoms with Gasteiger partial charge >= 0.3 is 5.76 Å². The van der Waals surface area contributed by atoms with E-state index >= 15 is 0 Å². The summed E-state index contributed by atoms with van der Waals surface area (Å²) in [6.45, 7) is 2.08. The summed E-state index contributed by atoms with van der Waals surface area (Å²) in [6.07, 6.45) is 2.02. The third-order valence-corrected chi connectivity index (χ3v) is 4.85. The molecule has 0 atom stereocenters. The number of benzene rings is 2. The van der Waals surface area contributed by atoms with E-state index in [1.165, 1.54) is 4.57 Å². The second-order valence-electron chi connectivity index (χ2n) is 5.96. The lowest BCUT2D eigenvalue weighted by molar-refractivity contribution is 0.354. The second-order valence-corrected chi connectivity index (χ2v) is 6.84. The molecule has 0 N–H and O–H groups in total. The third-order valence-electron chi connectivity index (χ3n) is 4.11. The molecule has 0 spiro atoms. The van der Waals surface area contributed by atoms with Crippen molar-refractivity contribution in [2.24, 2.45) is 0 Å². The predicted octanol–water partition coefficient (Wildman–Crippen LogP) is 3.63. The quantitative estimate of drug-likeness (QED) is 0.489. The summed E-state index contributed by atoms with van der Waals surface area (Å²) in [5, 5.41) is 7.89. The number of rotatable bonds is 5. The molecule has 8 heteroatoms. The van der Waals surface area contributed by atoms with Gasteiger partial charge in [0.1, 0.15) is 6.54 Å². The van der Waals surface area contributed by atoms with Crippen molar-refractivity contribution in [3.63, 3.8) is 0 Å². The van der Waals surface area contributed by atoms with Gasteiger partial charge in [-0.3, -0.25) is 4.52 Å². The Morgan fingerprint density at radius 1 is 0.963 bits per heavy atom.